The molecule has 25 heavy (non-hydrogen) atoms. The van der Waals surface area contributed by atoms with Crippen LogP contribution < -0.4 is 5.56 Å². The van der Waals surface area contributed by atoms with Gasteiger partial charge in [0.15, 0.2) is 11.3 Å². The van der Waals surface area contributed by atoms with Gasteiger partial charge in [-0.25, -0.2) is 9.97 Å². The predicted molar refractivity (Wildman–Crippen MR) is 92.9 cm³/mol. The second-order valence-corrected chi connectivity index (χ2v) is 6.81. The monoisotopic (exact) mass is 339 g/mol. The quantitative estimate of drug-likeness (QED) is 0.850. The first-order valence-electron chi connectivity index (χ1n) is 8.55. The van der Waals surface area contributed by atoms with E-state index in [1.165, 1.54) is 0 Å². The van der Waals surface area contributed by atoms with Crippen molar-refractivity contribution in [2.24, 2.45) is 11.8 Å². The zero-order valence-corrected chi connectivity index (χ0v) is 14.5. The molecule has 3 rings (SSSR count). The Balaban J connectivity index is 2.02. The highest BCUT2D eigenvalue weighted by Crippen LogP contribution is 2.18. The van der Waals surface area contributed by atoms with Crippen LogP contribution in [0.1, 0.15) is 37.2 Å². The van der Waals surface area contributed by atoms with Crippen LogP contribution in [0.5, 0.6) is 0 Å². The number of aromatic nitrogens is 3. The van der Waals surface area contributed by atoms with E-state index in [1.54, 1.807) is 27.8 Å². The molecular formula is C18H21N5O2. The van der Waals surface area contributed by atoms with Crippen LogP contribution in [0.2, 0.25) is 0 Å². The first-order chi connectivity index (χ1) is 12.0. The van der Waals surface area contributed by atoms with Gasteiger partial charge >= 0.3 is 0 Å². The molecule has 1 aliphatic heterocycles. The molecule has 1 amide bonds. The van der Waals surface area contributed by atoms with E-state index in [9.17, 15) is 9.59 Å². The topological polar surface area (TPSA) is 91.9 Å². The van der Waals surface area contributed by atoms with Gasteiger partial charge in [0.2, 0.25) is 0 Å². The summed E-state index contributed by atoms with van der Waals surface area (Å²) < 4.78 is 1.54. The molecule has 2 aromatic heterocycles. The van der Waals surface area contributed by atoms with Gasteiger partial charge in [0.25, 0.3) is 11.5 Å². The predicted octanol–water partition coefficient (Wildman–Crippen LogP) is 1.82. The zero-order valence-electron chi connectivity index (χ0n) is 14.5. The molecule has 0 N–H and O–H groups in total. The summed E-state index contributed by atoms with van der Waals surface area (Å²) in [5, 5.41) is 8.99. The summed E-state index contributed by atoms with van der Waals surface area (Å²) in [6.45, 7) is 5.46. The highest BCUT2D eigenvalue weighted by atomic mass is 16.2. The number of fused-ring (bicyclic) bond motifs is 1. The minimum Gasteiger partial charge on any atom is -0.337 e. The van der Waals surface area contributed by atoms with Gasteiger partial charge in [-0.1, -0.05) is 13.8 Å². The van der Waals surface area contributed by atoms with Gasteiger partial charge in [0, 0.05) is 31.7 Å². The molecule has 0 saturated carbocycles. The average Bonchev–Trinajstić information content (AvgIpc) is 2.63. The van der Waals surface area contributed by atoms with Crippen molar-refractivity contribution < 1.29 is 4.79 Å². The van der Waals surface area contributed by atoms with Crippen LogP contribution in [0, 0.1) is 23.2 Å². The summed E-state index contributed by atoms with van der Waals surface area (Å²) in [5.74, 6) is -0.139. The number of pyridine rings is 1. The largest absolute Gasteiger partial charge is 0.337 e. The molecule has 1 saturated heterocycles. The number of carbonyl (C=O) groups excluding carboxylic acids is 1. The molecule has 7 heteroatoms. The van der Waals surface area contributed by atoms with E-state index in [0.29, 0.717) is 43.6 Å². The van der Waals surface area contributed by atoms with Crippen molar-refractivity contribution in [1.29, 1.82) is 5.26 Å². The summed E-state index contributed by atoms with van der Waals surface area (Å²) in [7, 11) is 0. The maximum Gasteiger partial charge on any atom is 0.283 e. The Morgan fingerprint density at radius 2 is 2.12 bits per heavy atom. The van der Waals surface area contributed by atoms with E-state index in [2.05, 4.69) is 16.0 Å². The second-order valence-electron chi connectivity index (χ2n) is 6.81. The molecule has 0 radical (unpaired) electrons. The van der Waals surface area contributed by atoms with Crippen molar-refractivity contribution in [3.8, 4) is 6.07 Å². The lowest BCUT2D eigenvalue weighted by Crippen LogP contribution is -2.42. The van der Waals surface area contributed by atoms with Crippen molar-refractivity contribution in [2.75, 3.05) is 13.1 Å². The van der Waals surface area contributed by atoms with Gasteiger partial charge in [-0.15, -0.1) is 0 Å². The molecule has 0 aliphatic carbocycles. The first-order valence-corrected chi connectivity index (χ1v) is 8.55. The van der Waals surface area contributed by atoms with E-state index in [1.807, 2.05) is 13.8 Å². The number of amides is 1. The van der Waals surface area contributed by atoms with Crippen molar-refractivity contribution in [3.63, 3.8) is 0 Å². The van der Waals surface area contributed by atoms with E-state index in [-0.39, 0.29) is 23.4 Å². The van der Waals surface area contributed by atoms with Gasteiger partial charge < -0.3 is 4.90 Å². The number of carbonyl (C=O) groups is 1. The minimum atomic E-state index is -0.396. The van der Waals surface area contributed by atoms with Crippen LogP contribution >= 0.6 is 0 Å². The zero-order chi connectivity index (χ0) is 18.0. The highest BCUT2D eigenvalue weighted by Gasteiger charge is 2.27. The van der Waals surface area contributed by atoms with Gasteiger partial charge in [0.1, 0.15) is 5.52 Å². The molecule has 130 valence electrons. The van der Waals surface area contributed by atoms with Crippen molar-refractivity contribution in [3.05, 3.63) is 34.4 Å². The van der Waals surface area contributed by atoms with Gasteiger partial charge in [-0.05, 0) is 30.9 Å². The SMILES string of the molecule is CC(C)Cn1c(=O)c(C(=O)N2CCC(C#N)CC2)nc2cccnc21. The van der Waals surface area contributed by atoms with Crippen LogP contribution in [0.4, 0.5) is 0 Å². The van der Waals surface area contributed by atoms with E-state index < -0.39 is 5.56 Å². The average molecular weight is 339 g/mol. The second kappa shape index (κ2) is 7.01. The summed E-state index contributed by atoms with van der Waals surface area (Å²) in [6.07, 6.45) is 2.89. The Morgan fingerprint density at radius 1 is 1.40 bits per heavy atom. The lowest BCUT2D eigenvalue weighted by molar-refractivity contribution is 0.0699. The van der Waals surface area contributed by atoms with Crippen molar-refractivity contribution in [1.82, 2.24) is 19.4 Å². The number of nitriles is 1. The van der Waals surface area contributed by atoms with Crippen LogP contribution in [0.3, 0.4) is 0 Å². The Kier molecular flexibility index (Phi) is 4.79. The summed E-state index contributed by atoms with van der Waals surface area (Å²) in [6, 6.07) is 5.75. The van der Waals surface area contributed by atoms with Crippen molar-refractivity contribution >= 4 is 17.1 Å². The lowest BCUT2D eigenvalue weighted by atomic mass is 9.98. The molecule has 2 aromatic rings. The maximum absolute atomic E-state index is 12.9. The number of likely N-dealkylation sites (tertiary alicyclic amines) is 1. The number of hydrogen-bond acceptors (Lipinski definition) is 5. The fraction of sp³-hybridized carbons (Fsp3) is 0.500. The maximum atomic E-state index is 12.9. The fourth-order valence-corrected chi connectivity index (χ4v) is 3.11. The third-order valence-corrected chi connectivity index (χ3v) is 4.42. The third kappa shape index (κ3) is 3.38. The van der Waals surface area contributed by atoms with E-state index >= 15 is 0 Å². The standard InChI is InChI=1S/C18H21N5O2/c1-12(2)11-23-16-14(4-3-7-20-16)21-15(18(23)25)17(24)22-8-5-13(10-19)6-9-22/h3-4,7,12-13H,5-6,8-9,11H2,1-2H3. The molecular weight excluding hydrogens is 318 g/mol. The minimum absolute atomic E-state index is 0.0181. The van der Waals surface area contributed by atoms with Crippen LogP contribution in [0.25, 0.3) is 11.2 Å². The Labute approximate surface area is 145 Å². The van der Waals surface area contributed by atoms with Gasteiger partial charge in [-0.2, -0.15) is 5.26 Å². The fourth-order valence-electron chi connectivity index (χ4n) is 3.11. The van der Waals surface area contributed by atoms with E-state index in [4.69, 9.17) is 5.26 Å². The van der Waals surface area contributed by atoms with Crippen LogP contribution in [-0.2, 0) is 6.54 Å². The Bertz CT molecular complexity index is 888. The van der Waals surface area contributed by atoms with Gasteiger partial charge in [-0.3, -0.25) is 14.2 Å². The van der Waals surface area contributed by atoms with Crippen LogP contribution in [0.15, 0.2) is 23.1 Å². The smallest absolute Gasteiger partial charge is 0.283 e. The first kappa shape index (κ1) is 17.1. The van der Waals surface area contributed by atoms with Crippen LogP contribution in [-0.4, -0.2) is 38.4 Å². The molecule has 0 atom stereocenters. The third-order valence-electron chi connectivity index (χ3n) is 4.42. The normalized spacial score (nSPS) is 15.5. The van der Waals surface area contributed by atoms with E-state index in [0.717, 1.165) is 0 Å². The lowest BCUT2D eigenvalue weighted by Gasteiger charge is -2.28. The molecule has 0 bridgehead atoms. The van der Waals surface area contributed by atoms with Crippen molar-refractivity contribution in [2.45, 2.75) is 33.2 Å². The molecule has 1 aliphatic rings. The Hall–Kier alpha value is -2.75. The molecule has 0 aromatic carbocycles. The number of piperidine rings is 1. The number of hydrogen-bond donors (Lipinski definition) is 0. The molecule has 1 fully saturated rings. The summed E-state index contributed by atoms with van der Waals surface area (Å²) >= 11 is 0. The highest BCUT2D eigenvalue weighted by molar-refractivity contribution is 5.93. The summed E-state index contributed by atoms with van der Waals surface area (Å²) in [5.41, 5.74) is 0.586. The van der Waals surface area contributed by atoms with Gasteiger partial charge in [0.05, 0.1) is 6.07 Å². The molecule has 3 heterocycles. The number of rotatable bonds is 3. The number of nitrogens with zero attached hydrogens (tertiary/aromatic N) is 5. The summed E-state index contributed by atoms with van der Waals surface area (Å²) in [4.78, 5) is 35.9. The molecule has 0 unspecified atom stereocenters. The molecule has 7 nitrogen and oxygen atoms in total. The molecule has 0 spiro atoms. The Morgan fingerprint density at radius 3 is 2.76 bits per heavy atom.